The Hall–Kier alpha value is 1.68. The van der Waals surface area contributed by atoms with Crippen LogP contribution in [-0.2, 0) is 20.8 Å². The van der Waals surface area contributed by atoms with E-state index in [-0.39, 0.29) is 0 Å². The molecule has 0 aromatic heterocycles. The standard InChI is InChI=1S/C23H38Si.2ClH.Zr/c1-23(2)19-13-15-9-5-7-11-17(15)21(19)24(3,4)22-18-12-8-6-10-16(18)14-20(22)23;;;/h13-22H,5-12H2,1-4H3;2*1H;/q-2;;;+4/p-2. The van der Waals surface area contributed by atoms with Crippen LogP contribution in [-0.4, -0.2) is 8.07 Å². The van der Waals surface area contributed by atoms with Gasteiger partial charge < -0.3 is 12.8 Å². The van der Waals surface area contributed by atoms with Crippen molar-refractivity contribution in [1.82, 2.24) is 0 Å². The van der Waals surface area contributed by atoms with Crippen molar-refractivity contribution in [2.45, 2.75) is 89.4 Å². The summed E-state index contributed by atoms with van der Waals surface area (Å²) in [6, 6.07) is 0. The number of hydrogen-bond donors (Lipinski definition) is 0. The van der Waals surface area contributed by atoms with Crippen LogP contribution in [0.3, 0.4) is 0 Å². The third kappa shape index (κ3) is 3.55. The number of fused-ring (bicyclic) bond motifs is 6. The number of rotatable bonds is 0. The van der Waals surface area contributed by atoms with Gasteiger partial charge in [0, 0.05) is 8.07 Å². The summed E-state index contributed by atoms with van der Waals surface area (Å²) in [5.74, 6) is 6.00. The minimum absolute atomic E-state index is 0.534. The second-order valence-corrected chi connectivity index (χ2v) is 20.1. The predicted molar refractivity (Wildman–Crippen MR) is 117 cm³/mol. The van der Waals surface area contributed by atoms with Crippen LogP contribution in [0.4, 0.5) is 0 Å². The zero-order valence-corrected chi connectivity index (χ0v) is 22.7. The van der Waals surface area contributed by atoms with Crippen LogP contribution in [0.1, 0.15) is 65.2 Å². The molecule has 1 heterocycles. The normalized spacial score (nSPS) is 48.8. The Bertz CT molecular complexity index is 494. The van der Waals surface area contributed by atoms with Crippen molar-refractivity contribution in [1.29, 1.82) is 0 Å². The van der Waals surface area contributed by atoms with Crippen LogP contribution in [0.2, 0.25) is 24.2 Å². The second-order valence-electron chi connectivity index (χ2n) is 11.4. The van der Waals surface area contributed by atoms with E-state index >= 15 is 0 Å². The summed E-state index contributed by atoms with van der Waals surface area (Å²) in [6.45, 7) is 11.0. The van der Waals surface area contributed by atoms with Crippen LogP contribution in [0.25, 0.3) is 0 Å². The molecule has 0 nitrogen and oxygen atoms in total. The van der Waals surface area contributed by atoms with Gasteiger partial charge in [-0.15, -0.1) is 0 Å². The van der Waals surface area contributed by atoms with Crippen molar-refractivity contribution in [3.63, 3.8) is 0 Å². The van der Waals surface area contributed by atoms with Crippen LogP contribution >= 0.6 is 17.0 Å². The summed E-state index contributed by atoms with van der Waals surface area (Å²) in [4.78, 5) is 0. The van der Waals surface area contributed by atoms with Gasteiger partial charge in [0.1, 0.15) is 0 Å². The molecule has 4 aliphatic carbocycles. The zero-order chi connectivity index (χ0) is 19.4. The first-order valence-corrected chi connectivity index (χ1v) is 21.0. The Labute approximate surface area is 188 Å². The predicted octanol–water partition coefficient (Wildman–Crippen LogP) is 8.13. The van der Waals surface area contributed by atoms with E-state index in [9.17, 15) is 0 Å². The molecule has 0 aromatic carbocycles. The van der Waals surface area contributed by atoms with Crippen LogP contribution in [0.5, 0.6) is 0 Å². The molecule has 0 aromatic rings. The SMILES string of the molecule is CC1(C)C2[CH-]C3CCCCC3C2[Si](C)(C)C2C3CCCCC3[CH-]C21.[Cl][Zr+2][Cl]. The van der Waals surface area contributed by atoms with E-state index in [4.69, 9.17) is 17.0 Å². The number of hydrogen-bond acceptors (Lipinski definition) is 0. The zero-order valence-electron chi connectivity index (χ0n) is 17.7. The molecule has 0 amide bonds. The fourth-order valence-electron chi connectivity index (χ4n) is 8.95. The maximum atomic E-state index is 4.93. The summed E-state index contributed by atoms with van der Waals surface area (Å²) < 4.78 is 0. The van der Waals surface area contributed by atoms with E-state index in [1.54, 1.807) is 12.8 Å². The van der Waals surface area contributed by atoms with E-state index in [1.807, 2.05) is 0 Å². The maximum absolute atomic E-state index is 4.93. The molecule has 4 heteroatoms. The van der Waals surface area contributed by atoms with Gasteiger partial charge in [-0.05, 0) is 0 Å². The monoisotopic (exact) mass is 502 g/mol. The molecule has 5 aliphatic rings. The van der Waals surface area contributed by atoms with Gasteiger partial charge in [-0.1, -0.05) is 107 Å². The van der Waals surface area contributed by atoms with Crippen LogP contribution in [0, 0.1) is 53.8 Å². The first kappa shape index (κ1) is 21.9. The van der Waals surface area contributed by atoms with Crippen molar-refractivity contribution in [3.8, 4) is 0 Å². The van der Waals surface area contributed by atoms with E-state index in [1.165, 1.54) is 38.5 Å². The molecule has 5 rings (SSSR count). The third-order valence-corrected chi connectivity index (χ3v) is 14.8. The van der Waals surface area contributed by atoms with Crippen LogP contribution in [0.15, 0.2) is 0 Å². The summed E-state index contributed by atoms with van der Waals surface area (Å²) in [7, 11) is 8.65. The summed E-state index contributed by atoms with van der Waals surface area (Å²) in [5.41, 5.74) is 2.74. The average molecular weight is 505 g/mol. The fraction of sp³-hybridized carbons (Fsp3) is 0.913. The van der Waals surface area contributed by atoms with Crippen molar-refractivity contribution in [2.24, 2.45) is 40.9 Å². The Morgan fingerprint density at radius 1 is 0.778 bits per heavy atom. The van der Waals surface area contributed by atoms with E-state index < -0.39 is 28.9 Å². The quantitative estimate of drug-likeness (QED) is 0.231. The Morgan fingerprint density at radius 2 is 1.15 bits per heavy atom. The summed E-state index contributed by atoms with van der Waals surface area (Å²) in [5, 5.41) is 0. The second kappa shape index (κ2) is 8.31. The van der Waals surface area contributed by atoms with Crippen molar-refractivity contribution in [3.05, 3.63) is 12.8 Å². The third-order valence-electron chi connectivity index (χ3n) is 9.79. The molecule has 1 aliphatic heterocycles. The molecule has 8 unspecified atom stereocenters. The molecule has 27 heavy (non-hydrogen) atoms. The molecule has 0 spiro atoms. The molecule has 8 atom stereocenters. The summed E-state index contributed by atoms with van der Waals surface area (Å²) >= 11 is -0.826. The Morgan fingerprint density at radius 3 is 1.56 bits per heavy atom. The molecular weight excluding hydrogens is 466 g/mol. The van der Waals surface area contributed by atoms with E-state index in [0.717, 1.165) is 46.6 Å². The minimum atomic E-state index is -1.22. The molecule has 0 N–H and O–H groups in total. The molecular formula is C23H38Cl2SiZr. The first-order chi connectivity index (χ1) is 12.8. The Kier molecular flexibility index (Phi) is 6.74. The van der Waals surface area contributed by atoms with Crippen LogP contribution < -0.4 is 0 Å². The Balaban J connectivity index is 0.000000565. The molecule has 5 fully saturated rings. The van der Waals surface area contributed by atoms with Gasteiger partial charge in [0.2, 0.25) is 0 Å². The van der Waals surface area contributed by atoms with Gasteiger partial charge in [-0.25, -0.2) is 0 Å². The van der Waals surface area contributed by atoms with Gasteiger partial charge in [0.05, 0.1) is 0 Å². The van der Waals surface area contributed by atoms with Crippen molar-refractivity contribution in [2.75, 3.05) is 0 Å². The average Bonchev–Trinajstić information content (AvgIpc) is 3.22. The molecule has 0 radical (unpaired) electrons. The van der Waals surface area contributed by atoms with E-state index in [0.29, 0.717) is 5.41 Å². The molecule has 0 bridgehead atoms. The van der Waals surface area contributed by atoms with Crippen molar-refractivity contribution >= 4 is 25.1 Å². The fourth-order valence-corrected chi connectivity index (χ4v) is 15.4. The van der Waals surface area contributed by atoms with Gasteiger partial charge in [0.25, 0.3) is 0 Å². The summed E-state index contributed by atoms with van der Waals surface area (Å²) in [6.07, 6.45) is 18.1. The molecule has 1 saturated heterocycles. The number of halogens is 2. The van der Waals surface area contributed by atoms with Gasteiger partial charge in [-0.2, -0.15) is 23.7 Å². The van der Waals surface area contributed by atoms with Crippen molar-refractivity contribution < 1.29 is 20.8 Å². The van der Waals surface area contributed by atoms with Gasteiger partial charge in [-0.3, -0.25) is 0 Å². The van der Waals surface area contributed by atoms with Gasteiger partial charge in [0.15, 0.2) is 0 Å². The van der Waals surface area contributed by atoms with E-state index in [2.05, 4.69) is 39.8 Å². The molecule has 4 saturated carbocycles. The molecule has 152 valence electrons. The van der Waals surface area contributed by atoms with Gasteiger partial charge >= 0.3 is 37.9 Å². The first-order valence-electron chi connectivity index (χ1n) is 11.5. The topological polar surface area (TPSA) is 0 Å².